The Labute approximate surface area is 195 Å². The Balaban J connectivity index is 1.58. The average molecular weight is 454 g/mol. The summed E-state index contributed by atoms with van der Waals surface area (Å²) in [5, 5.41) is 7.66. The molecule has 0 radical (unpaired) electrons. The number of methoxy groups -OCH3 is 1. The highest BCUT2D eigenvalue weighted by atomic mass is 16.5. The number of anilines is 1. The topological polar surface area (TPSA) is 79.7 Å². The number of nitrogens with one attached hydrogen (secondary N) is 1. The van der Waals surface area contributed by atoms with Crippen molar-refractivity contribution in [1.29, 1.82) is 0 Å². The first-order valence-electron chi connectivity index (χ1n) is 12.0. The number of esters is 1. The zero-order valence-corrected chi connectivity index (χ0v) is 19.9. The number of ether oxygens (including phenoxy) is 1. The molecule has 178 valence electrons. The lowest BCUT2D eigenvalue weighted by Crippen LogP contribution is -2.59. The zero-order chi connectivity index (χ0) is 23.4. The first-order chi connectivity index (χ1) is 16.0. The molecule has 1 aromatic carbocycles. The number of hydrazine groups is 1. The molecule has 0 saturated carbocycles. The molecule has 2 aliphatic rings. The minimum atomic E-state index is -0.440. The van der Waals surface area contributed by atoms with Crippen molar-refractivity contribution in [2.24, 2.45) is 0 Å². The Hall–Kier alpha value is -2.71. The fourth-order valence-corrected chi connectivity index (χ4v) is 4.96. The van der Waals surface area contributed by atoms with E-state index in [0.717, 1.165) is 44.3 Å². The summed E-state index contributed by atoms with van der Waals surface area (Å²) in [4.78, 5) is 30.2. The van der Waals surface area contributed by atoms with Crippen LogP contribution in [0.5, 0.6) is 0 Å². The molecule has 3 heterocycles. The van der Waals surface area contributed by atoms with Crippen LogP contribution < -0.4 is 5.32 Å². The van der Waals surface area contributed by atoms with Gasteiger partial charge in [0.15, 0.2) is 0 Å². The second-order valence-electron chi connectivity index (χ2n) is 9.26. The van der Waals surface area contributed by atoms with Gasteiger partial charge in [-0.25, -0.2) is 19.8 Å². The third-order valence-corrected chi connectivity index (χ3v) is 6.80. The molecule has 1 aromatic heterocycles. The van der Waals surface area contributed by atoms with Gasteiger partial charge in [-0.3, -0.25) is 4.79 Å². The van der Waals surface area contributed by atoms with Crippen molar-refractivity contribution < 1.29 is 14.3 Å². The molecule has 2 fully saturated rings. The minimum absolute atomic E-state index is 0.0768. The maximum atomic E-state index is 13.5. The second kappa shape index (κ2) is 10.5. The van der Waals surface area contributed by atoms with E-state index in [4.69, 9.17) is 4.74 Å². The summed E-state index contributed by atoms with van der Waals surface area (Å²) in [5.74, 6) is -0.247. The van der Waals surface area contributed by atoms with Crippen molar-refractivity contribution in [3.63, 3.8) is 0 Å². The lowest BCUT2D eigenvalue weighted by Gasteiger charge is -2.49. The van der Waals surface area contributed by atoms with Gasteiger partial charge in [-0.2, -0.15) is 0 Å². The number of carbonyl (C=O) groups excluding carboxylic acids is 2. The number of hydrogen-bond acceptors (Lipinski definition) is 6. The van der Waals surface area contributed by atoms with Crippen molar-refractivity contribution in [3.8, 4) is 0 Å². The van der Waals surface area contributed by atoms with Gasteiger partial charge < -0.3 is 14.6 Å². The summed E-state index contributed by atoms with van der Waals surface area (Å²) in [6.07, 6.45) is 12.0. The van der Waals surface area contributed by atoms with Crippen LogP contribution in [0.25, 0.3) is 0 Å². The van der Waals surface area contributed by atoms with Gasteiger partial charge in [0.05, 0.1) is 24.7 Å². The lowest BCUT2D eigenvalue weighted by atomic mass is 9.98. The third kappa shape index (κ3) is 5.12. The predicted molar refractivity (Wildman–Crippen MR) is 127 cm³/mol. The number of fused-ring (bicyclic) bond motifs is 1. The van der Waals surface area contributed by atoms with Crippen LogP contribution in [0.3, 0.4) is 0 Å². The molecule has 2 unspecified atom stereocenters. The van der Waals surface area contributed by atoms with Crippen LogP contribution in [0.15, 0.2) is 36.9 Å². The van der Waals surface area contributed by atoms with E-state index >= 15 is 0 Å². The van der Waals surface area contributed by atoms with Gasteiger partial charge in [-0.1, -0.05) is 32.8 Å². The van der Waals surface area contributed by atoms with Crippen LogP contribution in [0.1, 0.15) is 80.4 Å². The Morgan fingerprint density at radius 3 is 2.52 bits per heavy atom. The summed E-state index contributed by atoms with van der Waals surface area (Å²) < 4.78 is 7.13. The van der Waals surface area contributed by atoms with E-state index in [0.29, 0.717) is 11.3 Å². The number of aromatic nitrogens is 2. The number of benzene rings is 1. The van der Waals surface area contributed by atoms with Crippen molar-refractivity contribution in [2.75, 3.05) is 25.5 Å². The molecule has 0 bridgehead atoms. The smallest absolute Gasteiger partial charge is 0.339 e. The van der Waals surface area contributed by atoms with Gasteiger partial charge in [0.25, 0.3) is 0 Å². The predicted octanol–water partition coefficient (Wildman–Crippen LogP) is 4.19. The molecule has 1 amide bonds. The van der Waals surface area contributed by atoms with Crippen LogP contribution in [0.2, 0.25) is 0 Å². The van der Waals surface area contributed by atoms with Crippen molar-refractivity contribution >= 4 is 17.6 Å². The number of carbonyl (C=O) groups is 2. The highest BCUT2D eigenvalue weighted by Gasteiger charge is 2.39. The second-order valence-corrected chi connectivity index (χ2v) is 9.26. The molecule has 8 heteroatoms. The van der Waals surface area contributed by atoms with Crippen LogP contribution in [-0.4, -0.2) is 57.7 Å². The minimum Gasteiger partial charge on any atom is -0.465 e. The highest BCUT2D eigenvalue weighted by Crippen LogP contribution is 2.33. The van der Waals surface area contributed by atoms with Gasteiger partial charge in [-0.05, 0) is 49.3 Å². The van der Waals surface area contributed by atoms with Crippen molar-refractivity contribution in [1.82, 2.24) is 19.6 Å². The third-order valence-electron chi connectivity index (χ3n) is 6.80. The molecular formula is C25H35N5O3. The van der Waals surface area contributed by atoms with Crippen molar-refractivity contribution in [3.05, 3.63) is 48.0 Å². The van der Waals surface area contributed by atoms with E-state index in [1.54, 1.807) is 0 Å². The Bertz CT molecular complexity index is 959. The molecular weight excluding hydrogens is 418 g/mol. The summed E-state index contributed by atoms with van der Waals surface area (Å²) in [6.45, 7) is 5.91. The van der Waals surface area contributed by atoms with Gasteiger partial charge >= 0.3 is 5.97 Å². The summed E-state index contributed by atoms with van der Waals surface area (Å²) in [5.41, 5.74) is 1.93. The maximum Gasteiger partial charge on any atom is 0.339 e. The molecule has 2 aromatic rings. The molecule has 2 saturated heterocycles. The molecule has 0 spiro atoms. The molecule has 0 aliphatic carbocycles. The Morgan fingerprint density at radius 1 is 1.09 bits per heavy atom. The van der Waals surface area contributed by atoms with E-state index in [-0.39, 0.29) is 24.0 Å². The molecule has 33 heavy (non-hydrogen) atoms. The van der Waals surface area contributed by atoms with Crippen LogP contribution in [0.4, 0.5) is 5.69 Å². The normalized spacial score (nSPS) is 22.3. The molecule has 1 N–H and O–H groups in total. The van der Waals surface area contributed by atoms with E-state index < -0.39 is 5.97 Å². The fourth-order valence-electron chi connectivity index (χ4n) is 4.96. The lowest BCUT2D eigenvalue weighted by molar-refractivity contribution is -0.164. The number of imidazole rings is 1. The fraction of sp³-hybridized carbons (Fsp3) is 0.560. The summed E-state index contributed by atoms with van der Waals surface area (Å²) in [7, 11) is 1.37. The highest BCUT2D eigenvalue weighted by molar-refractivity contribution is 6.03. The summed E-state index contributed by atoms with van der Waals surface area (Å²) >= 11 is 0. The van der Waals surface area contributed by atoms with E-state index in [1.807, 2.05) is 36.9 Å². The summed E-state index contributed by atoms with van der Waals surface area (Å²) in [6, 6.07) is 5.33. The molecule has 2 atom stereocenters. The first kappa shape index (κ1) is 23.4. The van der Waals surface area contributed by atoms with E-state index in [2.05, 4.69) is 38.7 Å². The zero-order valence-electron chi connectivity index (χ0n) is 19.9. The standard InChI is InChI=1S/C25H35N5O3/c1-18(2)19-8-9-21(20(16-19)25(32)33-3)27-24(31)22-10-11-23(28-15-12-26-17-28)30-14-7-5-4-6-13-29(22)30/h8-9,12,15-18,22-23H,4-7,10-11,13-14H2,1-3H3,(H,27,31). The number of hydrogen-bond donors (Lipinski definition) is 1. The van der Waals surface area contributed by atoms with Gasteiger partial charge in [0.2, 0.25) is 5.91 Å². The molecule has 4 rings (SSSR count). The largest absolute Gasteiger partial charge is 0.465 e. The number of amides is 1. The van der Waals surface area contributed by atoms with Crippen LogP contribution in [-0.2, 0) is 9.53 Å². The molecule has 8 nitrogen and oxygen atoms in total. The van der Waals surface area contributed by atoms with E-state index in [9.17, 15) is 9.59 Å². The molecule has 2 aliphatic heterocycles. The van der Waals surface area contributed by atoms with Crippen LogP contribution in [0, 0.1) is 0 Å². The first-order valence-corrected chi connectivity index (χ1v) is 12.0. The number of rotatable bonds is 5. The maximum absolute atomic E-state index is 13.5. The Kier molecular flexibility index (Phi) is 7.45. The number of nitrogens with zero attached hydrogens (tertiary/aromatic N) is 4. The van der Waals surface area contributed by atoms with E-state index in [1.165, 1.54) is 20.0 Å². The quantitative estimate of drug-likeness (QED) is 0.684. The van der Waals surface area contributed by atoms with Crippen molar-refractivity contribution in [2.45, 2.75) is 70.5 Å². The average Bonchev–Trinajstić information content (AvgIpc) is 3.33. The SMILES string of the molecule is COC(=O)c1cc(C(C)C)ccc1NC(=O)C1CCC(n2ccnc2)N2CCCCCCN12. The van der Waals surface area contributed by atoms with Gasteiger partial charge in [0.1, 0.15) is 12.2 Å². The Morgan fingerprint density at radius 2 is 1.85 bits per heavy atom. The van der Waals surface area contributed by atoms with Gasteiger partial charge in [0, 0.05) is 25.5 Å². The monoisotopic (exact) mass is 453 g/mol. The van der Waals surface area contributed by atoms with Crippen LogP contribution >= 0.6 is 0 Å². The van der Waals surface area contributed by atoms with Gasteiger partial charge in [-0.15, -0.1) is 0 Å².